The van der Waals surface area contributed by atoms with E-state index in [4.69, 9.17) is 14.2 Å². The predicted octanol–water partition coefficient (Wildman–Crippen LogP) is 4.29. The number of ether oxygens (including phenoxy) is 3. The van der Waals surface area contributed by atoms with Gasteiger partial charge in [-0.25, -0.2) is 4.79 Å². The lowest BCUT2D eigenvalue weighted by atomic mass is 10.0. The lowest BCUT2D eigenvalue weighted by Gasteiger charge is -2.21. The van der Waals surface area contributed by atoms with E-state index in [9.17, 15) is 9.59 Å². The summed E-state index contributed by atoms with van der Waals surface area (Å²) in [6, 6.07) is 14.8. The first-order valence-corrected chi connectivity index (χ1v) is 10.7. The van der Waals surface area contributed by atoms with Crippen LogP contribution >= 0.6 is 0 Å². The summed E-state index contributed by atoms with van der Waals surface area (Å²) in [5.41, 5.74) is 2.87. The number of benzene rings is 2. The zero-order chi connectivity index (χ0) is 22.7. The van der Waals surface area contributed by atoms with E-state index in [1.54, 1.807) is 11.0 Å². The van der Waals surface area contributed by atoms with Crippen molar-refractivity contribution < 1.29 is 23.8 Å². The molecular weight excluding hydrogens is 408 g/mol. The molecule has 0 saturated carbocycles. The molecule has 0 radical (unpaired) electrons. The van der Waals surface area contributed by atoms with E-state index in [0.29, 0.717) is 35.5 Å². The highest BCUT2D eigenvalue weighted by Gasteiger charge is 2.20. The molecule has 1 aliphatic rings. The number of hydrogen-bond acceptors (Lipinski definition) is 6. The topological polar surface area (TPSA) is 78.0 Å². The van der Waals surface area contributed by atoms with Gasteiger partial charge in [0.05, 0.1) is 11.1 Å². The lowest BCUT2D eigenvalue weighted by molar-refractivity contribution is -0.134. The van der Waals surface area contributed by atoms with Crippen molar-refractivity contribution in [2.75, 3.05) is 19.9 Å². The van der Waals surface area contributed by atoms with Crippen LogP contribution in [0.15, 0.2) is 48.5 Å². The summed E-state index contributed by atoms with van der Waals surface area (Å²) in [6.45, 7) is 6.67. The van der Waals surface area contributed by atoms with Crippen LogP contribution in [0.4, 0.5) is 0 Å². The number of amides is 1. The average molecular weight is 434 g/mol. The molecule has 7 nitrogen and oxygen atoms in total. The molecule has 32 heavy (non-hydrogen) atoms. The van der Waals surface area contributed by atoms with Gasteiger partial charge in [-0.3, -0.25) is 9.78 Å². The fraction of sp³-hybridized carbons (Fsp3) is 0.320. The molecule has 7 heteroatoms. The van der Waals surface area contributed by atoms with Crippen LogP contribution in [0.3, 0.4) is 0 Å². The fourth-order valence-electron chi connectivity index (χ4n) is 3.59. The maximum atomic E-state index is 12.9. The van der Waals surface area contributed by atoms with Gasteiger partial charge in [-0.2, -0.15) is 0 Å². The van der Waals surface area contributed by atoms with Crippen LogP contribution < -0.4 is 9.47 Å². The smallest absolute Gasteiger partial charge is 0.339 e. The van der Waals surface area contributed by atoms with Crippen LogP contribution in [0.1, 0.15) is 48.3 Å². The molecule has 166 valence electrons. The van der Waals surface area contributed by atoms with Gasteiger partial charge in [0.1, 0.15) is 0 Å². The van der Waals surface area contributed by atoms with Crippen LogP contribution in [0.25, 0.3) is 10.9 Å². The predicted molar refractivity (Wildman–Crippen MR) is 120 cm³/mol. The molecule has 0 unspecified atom stereocenters. The van der Waals surface area contributed by atoms with Crippen molar-refractivity contribution in [2.24, 2.45) is 0 Å². The summed E-state index contributed by atoms with van der Waals surface area (Å²) in [5.74, 6) is 0.731. The Bertz CT molecular complexity index is 1160. The quantitative estimate of drug-likeness (QED) is 0.516. The number of nitrogens with zero attached hydrogens (tertiary/aromatic N) is 2. The molecule has 0 fully saturated rings. The Morgan fingerprint density at radius 2 is 1.88 bits per heavy atom. The van der Waals surface area contributed by atoms with Crippen molar-refractivity contribution in [2.45, 2.75) is 33.2 Å². The SMILES string of the molecule is CCN(Cc1ccc2c(c1)OCO2)C(=O)COC(=O)c1cc(C(C)C)nc2ccccc12. The molecule has 4 rings (SSSR count). The Kier molecular flexibility index (Phi) is 6.25. The van der Waals surface area contributed by atoms with Gasteiger partial charge in [0.2, 0.25) is 6.79 Å². The number of para-hydroxylation sites is 1. The number of likely N-dealkylation sites (N-methyl/N-ethyl adjacent to an activating group) is 1. The highest BCUT2D eigenvalue weighted by molar-refractivity contribution is 6.04. The Balaban J connectivity index is 1.45. The molecule has 0 N–H and O–H groups in total. The maximum Gasteiger partial charge on any atom is 0.339 e. The molecule has 2 aromatic carbocycles. The number of fused-ring (bicyclic) bond motifs is 2. The molecule has 0 atom stereocenters. The Morgan fingerprint density at radius 1 is 1.09 bits per heavy atom. The first-order chi connectivity index (χ1) is 15.5. The summed E-state index contributed by atoms with van der Waals surface area (Å²) in [4.78, 5) is 31.9. The van der Waals surface area contributed by atoms with Crippen LogP contribution in [-0.4, -0.2) is 41.7 Å². The summed E-state index contributed by atoms with van der Waals surface area (Å²) in [7, 11) is 0. The molecule has 0 spiro atoms. The molecule has 1 aliphatic heterocycles. The van der Waals surface area contributed by atoms with Crippen molar-refractivity contribution in [3.05, 3.63) is 65.4 Å². The van der Waals surface area contributed by atoms with E-state index in [-0.39, 0.29) is 25.2 Å². The molecule has 3 aromatic rings. The summed E-state index contributed by atoms with van der Waals surface area (Å²) in [5, 5.41) is 0.710. The van der Waals surface area contributed by atoms with Crippen molar-refractivity contribution in [1.29, 1.82) is 0 Å². The Labute approximate surface area is 186 Å². The first kappa shape index (κ1) is 21.6. The molecule has 1 amide bonds. The molecule has 0 saturated heterocycles. The minimum Gasteiger partial charge on any atom is -0.454 e. The summed E-state index contributed by atoms with van der Waals surface area (Å²) in [6.07, 6.45) is 0. The highest BCUT2D eigenvalue weighted by atomic mass is 16.7. The van der Waals surface area contributed by atoms with E-state index < -0.39 is 5.97 Å². The molecular formula is C25H26N2O5. The Hall–Kier alpha value is -3.61. The normalized spacial score (nSPS) is 12.2. The van der Waals surface area contributed by atoms with Crippen LogP contribution in [0.2, 0.25) is 0 Å². The third-order valence-corrected chi connectivity index (χ3v) is 5.42. The number of carbonyl (C=O) groups is 2. The van der Waals surface area contributed by atoms with Crippen LogP contribution in [0.5, 0.6) is 11.5 Å². The van der Waals surface area contributed by atoms with Crippen LogP contribution in [0, 0.1) is 0 Å². The third kappa shape index (κ3) is 4.51. The second-order valence-corrected chi connectivity index (χ2v) is 7.94. The highest BCUT2D eigenvalue weighted by Crippen LogP contribution is 2.32. The van der Waals surface area contributed by atoms with Crippen molar-refractivity contribution in [1.82, 2.24) is 9.88 Å². The van der Waals surface area contributed by atoms with Crippen molar-refractivity contribution >= 4 is 22.8 Å². The van der Waals surface area contributed by atoms with Gasteiger partial charge in [-0.1, -0.05) is 38.1 Å². The van der Waals surface area contributed by atoms with E-state index >= 15 is 0 Å². The summed E-state index contributed by atoms with van der Waals surface area (Å²) < 4.78 is 16.2. The molecule has 1 aromatic heterocycles. The standard InChI is InChI=1S/C25H26N2O5/c1-4-27(13-17-9-10-22-23(11-17)32-15-31-22)24(28)14-30-25(29)19-12-21(16(2)3)26-20-8-6-5-7-18(19)20/h5-12,16H,4,13-15H2,1-3H3. The number of hydrogen-bond donors (Lipinski definition) is 0. The van der Waals surface area contributed by atoms with E-state index in [2.05, 4.69) is 4.98 Å². The molecule has 2 heterocycles. The van der Waals surface area contributed by atoms with E-state index in [1.165, 1.54) is 0 Å². The van der Waals surface area contributed by atoms with E-state index in [0.717, 1.165) is 16.8 Å². The molecule has 0 aliphatic carbocycles. The Morgan fingerprint density at radius 3 is 2.66 bits per heavy atom. The lowest BCUT2D eigenvalue weighted by Crippen LogP contribution is -2.34. The maximum absolute atomic E-state index is 12.9. The fourth-order valence-corrected chi connectivity index (χ4v) is 3.59. The van der Waals surface area contributed by atoms with Gasteiger partial charge < -0.3 is 19.1 Å². The number of aromatic nitrogens is 1. The minimum absolute atomic E-state index is 0.157. The molecule has 0 bridgehead atoms. The zero-order valence-electron chi connectivity index (χ0n) is 18.5. The van der Waals surface area contributed by atoms with Gasteiger partial charge in [0, 0.05) is 24.2 Å². The number of carbonyl (C=O) groups excluding carboxylic acids is 2. The van der Waals surface area contributed by atoms with Crippen molar-refractivity contribution in [3.63, 3.8) is 0 Å². The largest absolute Gasteiger partial charge is 0.454 e. The first-order valence-electron chi connectivity index (χ1n) is 10.7. The number of rotatable bonds is 7. The van der Waals surface area contributed by atoms with Gasteiger partial charge in [0.15, 0.2) is 18.1 Å². The van der Waals surface area contributed by atoms with Gasteiger partial charge in [-0.15, -0.1) is 0 Å². The number of pyridine rings is 1. The second-order valence-electron chi connectivity index (χ2n) is 7.94. The van der Waals surface area contributed by atoms with E-state index in [1.807, 2.05) is 63.2 Å². The van der Waals surface area contributed by atoms with Crippen LogP contribution in [-0.2, 0) is 16.1 Å². The summed E-state index contributed by atoms with van der Waals surface area (Å²) >= 11 is 0. The van der Waals surface area contributed by atoms with Crippen molar-refractivity contribution in [3.8, 4) is 11.5 Å². The minimum atomic E-state index is -0.530. The second kappa shape index (κ2) is 9.26. The zero-order valence-corrected chi connectivity index (χ0v) is 18.5. The van der Waals surface area contributed by atoms with Gasteiger partial charge in [-0.05, 0) is 42.7 Å². The average Bonchev–Trinajstić information content (AvgIpc) is 3.27. The monoisotopic (exact) mass is 434 g/mol. The number of esters is 1. The van der Waals surface area contributed by atoms with Gasteiger partial charge >= 0.3 is 5.97 Å². The van der Waals surface area contributed by atoms with Gasteiger partial charge in [0.25, 0.3) is 5.91 Å². The third-order valence-electron chi connectivity index (χ3n) is 5.42.